The predicted octanol–water partition coefficient (Wildman–Crippen LogP) is 2.07. The molecule has 1 aromatic heterocycles. The van der Waals surface area contributed by atoms with Gasteiger partial charge in [-0.1, -0.05) is 12.1 Å². The first-order valence-electron chi connectivity index (χ1n) is 5.77. The van der Waals surface area contributed by atoms with Crippen molar-refractivity contribution >= 4 is 28.6 Å². The molecule has 1 heterocycles. The third kappa shape index (κ3) is 2.80. The van der Waals surface area contributed by atoms with Crippen molar-refractivity contribution in [3.8, 4) is 0 Å². The summed E-state index contributed by atoms with van der Waals surface area (Å²) >= 11 is 0. The van der Waals surface area contributed by atoms with Crippen LogP contribution in [0.4, 0.5) is 5.69 Å². The number of carbonyl (C=O) groups excluding carboxylic acids is 2. The Morgan fingerprint density at radius 3 is 2.70 bits per heavy atom. The molecule has 1 aromatic carbocycles. The molecule has 0 aliphatic heterocycles. The number of hydrogen-bond acceptors (Lipinski definition) is 6. The summed E-state index contributed by atoms with van der Waals surface area (Å²) in [6.45, 7) is 0. The van der Waals surface area contributed by atoms with E-state index in [1.54, 1.807) is 18.2 Å². The number of benzene rings is 1. The fraction of sp³-hybridized carbons (Fsp3) is 0.143. The summed E-state index contributed by atoms with van der Waals surface area (Å²) in [6, 6.07) is 7.18. The number of para-hydroxylation sites is 1. The zero-order chi connectivity index (χ0) is 14.5. The van der Waals surface area contributed by atoms with Crippen LogP contribution in [0.2, 0.25) is 0 Å². The van der Waals surface area contributed by atoms with E-state index in [0.29, 0.717) is 11.3 Å². The average molecular weight is 275 g/mol. The van der Waals surface area contributed by atoms with E-state index < -0.39 is 11.9 Å². The molecule has 0 aliphatic rings. The quantitative estimate of drug-likeness (QED) is 0.680. The third-order valence-corrected chi connectivity index (χ3v) is 2.62. The molecule has 0 unspecified atom stereocenters. The van der Waals surface area contributed by atoms with Crippen LogP contribution in [0, 0.1) is 0 Å². The molecule has 0 radical (unpaired) electrons. The van der Waals surface area contributed by atoms with Gasteiger partial charge in [0.15, 0.2) is 5.58 Å². The summed E-state index contributed by atoms with van der Waals surface area (Å²) in [4.78, 5) is 22.9. The lowest BCUT2D eigenvalue weighted by molar-refractivity contribution is -0.138. The van der Waals surface area contributed by atoms with E-state index in [-0.39, 0.29) is 5.70 Å². The molecule has 0 amide bonds. The molecule has 6 heteroatoms. The van der Waals surface area contributed by atoms with Crippen LogP contribution in [0.15, 0.2) is 46.7 Å². The summed E-state index contributed by atoms with van der Waals surface area (Å²) in [5.74, 6) is -1.34. The molecule has 0 aliphatic carbocycles. The number of anilines is 1. The predicted molar refractivity (Wildman–Crippen MR) is 72.0 cm³/mol. The number of methoxy groups -OCH3 is 2. The van der Waals surface area contributed by atoms with Crippen LogP contribution in [-0.2, 0) is 19.1 Å². The maximum atomic E-state index is 11.7. The van der Waals surface area contributed by atoms with Crippen molar-refractivity contribution in [2.45, 2.75) is 0 Å². The van der Waals surface area contributed by atoms with Crippen molar-refractivity contribution in [2.75, 3.05) is 19.5 Å². The molecule has 0 saturated carbocycles. The van der Waals surface area contributed by atoms with Crippen LogP contribution < -0.4 is 5.32 Å². The smallest absolute Gasteiger partial charge is 0.354 e. The van der Waals surface area contributed by atoms with Crippen molar-refractivity contribution < 1.29 is 23.5 Å². The molecule has 2 rings (SSSR count). The molecular weight excluding hydrogens is 262 g/mol. The van der Waals surface area contributed by atoms with E-state index in [4.69, 9.17) is 4.42 Å². The highest BCUT2D eigenvalue weighted by molar-refractivity contribution is 6.01. The third-order valence-electron chi connectivity index (χ3n) is 2.62. The van der Waals surface area contributed by atoms with Crippen molar-refractivity contribution in [1.29, 1.82) is 0 Å². The van der Waals surface area contributed by atoms with Crippen molar-refractivity contribution in [3.63, 3.8) is 0 Å². The molecule has 0 fully saturated rings. The number of nitrogens with one attached hydrogen (secondary N) is 1. The van der Waals surface area contributed by atoms with Crippen molar-refractivity contribution in [3.05, 3.63) is 42.3 Å². The van der Waals surface area contributed by atoms with Gasteiger partial charge in [-0.05, 0) is 12.1 Å². The molecule has 6 nitrogen and oxygen atoms in total. The van der Waals surface area contributed by atoms with Crippen LogP contribution in [-0.4, -0.2) is 26.2 Å². The van der Waals surface area contributed by atoms with Gasteiger partial charge in [-0.15, -0.1) is 0 Å². The maximum Gasteiger partial charge on any atom is 0.354 e. The first-order chi connectivity index (χ1) is 9.65. The van der Waals surface area contributed by atoms with Gasteiger partial charge in [0.05, 0.1) is 32.2 Å². The highest BCUT2D eigenvalue weighted by Gasteiger charge is 2.14. The summed E-state index contributed by atoms with van der Waals surface area (Å²) in [7, 11) is 2.45. The minimum atomic E-state index is -0.682. The van der Waals surface area contributed by atoms with Gasteiger partial charge < -0.3 is 19.2 Å². The fourth-order valence-electron chi connectivity index (χ4n) is 1.67. The van der Waals surface area contributed by atoms with E-state index in [1.165, 1.54) is 20.5 Å². The van der Waals surface area contributed by atoms with Crippen LogP contribution in [0.3, 0.4) is 0 Å². The Labute approximate surface area is 115 Å². The zero-order valence-electron chi connectivity index (χ0n) is 11.0. The molecular formula is C14H13NO5. The second kappa shape index (κ2) is 5.92. The summed E-state index contributed by atoms with van der Waals surface area (Å²) in [6.07, 6.45) is 2.56. The molecule has 0 bridgehead atoms. The zero-order valence-corrected chi connectivity index (χ0v) is 11.0. The first-order valence-corrected chi connectivity index (χ1v) is 5.77. The van der Waals surface area contributed by atoms with E-state index in [2.05, 4.69) is 14.8 Å². The minimum absolute atomic E-state index is 0.0387. The number of ether oxygens (including phenoxy) is 2. The highest BCUT2D eigenvalue weighted by Crippen LogP contribution is 2.25. The molecule has 20 heavy (non-hydrogen) atoms. The van der Waals surface area contributed by atoms with Crippen LogP contribution in [0.5, 0.6) is 0 Å². The Morgan fingerprint density at radius 2 is 2.00 bits per heavy atom. The molecule has 0 spiro atoms. The van der Waals surface area contributed by atoms with Gasteiger partial charge in [-0.2, -0.15) is 0 Å². The monoisotopic (exact) mass is 275 g/mol. The van der Waals surface area contributed by atoms with E-state index >= 15 is 0 Å². The Bertz CT molecular complexity index is 671. The van der Waals surface area contributed by atoms with Crippen molar-refractivity contribution in [2.24, 2.45) is 0 Å². The van der Waals surface area contributed by atoms with E-state index in [9.17, 15) is 9.59 Å². The SMILES string of the molecule is COC(=O)/C=C(/Nc1cccc2ccoc12)C(=O)OC. The molecule has 2 aromatic rings. The van der Waals surface area contributed by atoms with Crippen molar-refractivity contribution in [1.82, 2.24) is 0 Å². The van der Waals surface area contributed by atoms with Gasteiger partial charge in [-0.25, -0.2) is 9.59 Å². The summed E-state index contributed by atoms with van der Waals surface area (Å²) in [5, 5.41) is 3.69. The number of rotatable bonds is 4. The number of hydrogen-bond donors (Lipinski definition) is 1. The summed E-state index contributed by atoms with van der Waals surface area (Å²) in [5.41, 5.74) is 1.09. The van der Waals surface area contributed by atoms with E-state index in [0.717, 1.165) is 11.5 Å². The van der Waals surface area contributed by atoms with Crippen LogP contribution in [0.1, 0.15) is 0 Å². The van der Waals surface area contributed by atoms with E-state index in [1.807, 2.05) is 6.07 Å². The average Bonchev–Trinajstić information content (AvgIpc) is 2.94. The van der Waals surface area contributed by atoms with Gasteiger partial charge >= 0.3 is 11.9 Å². The second-order valence-corrected chi connectivity index (χ2v) is 3.84. The van der Waals surface area contributed by atoms with Gasteiger partial charge in [0.25, 0.3) is 0 Å². The normalized spacial score (nSPS) is 11.2. The second-order valence-electron chi connectivity index (χ2n) is 3.84. The maximum absolute atomic E-state index is 11.7. The molecule has 0 atom stereocenters. The number of esters is 2. The highest BCUT2D eigenvalue weighted by atomic mass is 16.5. The Hall–Kier alpha value is -2.76. The molecule has 0 saturated heterocycles. The lowest BCUT2D eigenvalue weighted by Gasteiger charge is -2.09. The number of fused-ring (bicyclic) bond motifs is 1. The van der Waals surface area contributed by atoms with Gasteiger partial charge in [-0.3, -0.25) is 0 Å². The minimum Gasteiger partial charge on any atom is -0.466 e. The van der Waals surface area contributed by atoms with Gasteiger partial charge in [0.2, 0.25) is 0 Å². The molecule has 104 valence electrons. The Kier molecular flexibility index (Phi) is 4.05. The standard InChI is InChI=1S/C14H13NO5/c1-18-12(16)8-11(14(17)19-2)15-10-5-3-4-9-6-7-20-13(9)10/h3-8,15H,1-2H3/b11-8+. The largest absolute Gasteiger partial charge is 0.466 e. The lowest BCUT2D eigenvalue weighted by atomic mass is 10.2. The number of carbonyl (C=O) groups is 2. The van der Waals surface area contributed by atoms with Crippen LogP contribution >= 0.6 is 0 Å². The topological polar surface area (TPSA) is 77.8 Å². The van der Waals surface area contributed by atoms with Gasteiger partial charge in [0.1, 0.15) is 5.70 Å². The Morgan fingerprint density at radius 1 is 1.20 bits per heavy atom. The number of furan rings is 1. The Balaban J connectivity index is 2.37. The lowest BCUT2D eigenvalue weighted by Crippen LogP contribution is -2.15. The van der Waals surface area contributed by atoms with Crippen LogP contribution in [0.25, 0.3) is 11.0 Å². The summed E-state index contributed by atoms with van der Waals surface area (Å²) < 4.78 is 14.5. The fourth-order valence-corrected chi connectivity index (χ4v) is 1.67. The first kappa shape index (κ1) is 13.7. The van der Waals surface area contributed by atoms with Gasteiger partial charge in [0, 0.05) is 5.39 Å². The molecule has 1 N–H and O–H groups in total.